The summed E-state index contributed by atoms with van der Waals surface area (Å²) in [4.78, 5) is 33.2. The number of likely N-dealkylation sites (tertiary alicyclic amines) is 1. The summed E-state index contributed by atoms with van der Waals surface area (Å²) in [6.07, 6.45) is 7.89. The summed E-state index contributed by atoms with van der Waals surface area (Å²) in [6.45, 7) is 5.94. The monoisotopic (exact) mass is 384 g/mol. The van der Waals surface area contributed by atoms with E-state index in [-0.39, 0.29) is 18.6 Å². The third-order valence-electron chi connectivity index (χ3n) is 5.05. The van der Waals surface area contributed by atoms with Gasteiger partial charge in [-0.3, -0.25) is 14.5 Å². The number of rotatable bonds is 4. The van der Waals surface area contributed by atoms with E-state index in [9.17, 15) is 9.59 Å². The summed E-state index contributed by atoms with van der Waals surface area (Å²) in [7, 11) is 0. The molecule has 0 bridgehead atoms. The van der Waals surface area contributed by atoms with Gasteiger partial charge in [-0.25, -0.2) is 9.86 Å². The van der Waals surface area contributed by atoms with E-state index in [4.69, 9.17) is 16.0 Å². The topological polar surface area (TPSA) is 59.1 Å². The standard InChI is InChI=1S/C22H28N2O4/c1-5-15-27-24(18-13-12-16-9-6-7-10-17(16)18)20(25)19-11-8-14-23(19)21(26)28-22(2,3)4/h1,6-7,9-10,18-19H,8,11-15H2,2-4H3. The first-order valence-corrected chi connectivity index (χ1v) is 9.78. The van der Waals surface area contributed by atoms with E-state index < -0.39 is 17.7 Å². The summed E-state index contributed by atoms with van der Waals surface area (Å²) >= 11 is 0. The summed E-state index contributed by atoms with van der Waals surface area (Å²) in [5.41, 5.74) is 1.68. The number of aryl methyl sites for hydroxylation is 1. The van der Waals surface area contributed by atoms with Crippen LogP contribution in [0.5, 0.6) is 0 Å². The van der Waals surface area contributed by atoms with E-state index in [1.807, 2.05) is 39.0 Å². The van der Waals surface area contributed by atoms with Crippen molar-refractivity contribution in [3.63, 3.8) is 0 Å². The van der Waals surface area contributed by atoms with Crippen LogP contribution in [-0.2, 0) is 20.8 Å². The lowest BCUT2D eigenvalue weighted by Gasteiger charge is -2.33. The lowest BCUT2D eigenvalue weighted by atomic mass is 10.1. The summed E-state index contributed by atoms with van der Waals surface area (Å²) in [5.74, 6) is 2.20. The maximum Gasteiger partial charge on any atom is 0.410 e. The molecule has 1 aliphatic heterocycles. The van der Waals surface area contributed by atoms with Gasteiger partial charge in [-0.05, 0) is 57.6 Å². The number of nitrogens with zero attached hydrogens (tertiary/aromatic N) is 2. The van der Waals surface area contributed by atoms with Crippen molar-refractivity contribution in [2.45, 2.75) is 64.1 Å². The van der Waals surface area contributed by atoms with Gasteiger partial charge in [-0.2, -0.15) is 0 Å². The van der Waals surface area contributed by atoms with Gasteiger partial charge >= 0.3 is 6.09 Å². The van der Waals surface area contributed by atoms with Crippen molar-refractivity contribution in [2.75, 3.05) is 13.2 Å². The molecule has 6 nitrogen and oxygen atoms in total. The molecule has 28 heavy (non-hydrogen) atoms. The average molecular weight is 384 g/mol. The Labute approximate surface area is 166 Å². The Bertz CT molecular complexity index is 777. The molecule has 1 aliphatic carbocycles. The van der Waals surface area contributed by atoms with E-state index in [2.05, 4.69) is 12.0 Å². The molecular formula is C22H28N2O4. The summed E-state index contributed by atoms with van der Waals surface area (Å²) in [6, 6.07) is 7.26. The zero-order valence-corrected chi connectivity index (χ0v) is 16.8. The van der Waals surface area contributed by atoms with Crippen LogP contribution in [0.1, 0.15) is 57.2 Å². The van der Waals surface area contributed by atoms with Crippen molar-refractivity contribution in [3.8, 4) is 12.3 Å². The van der Waals surface area contributed by atoms with Crippen LogP contribution in [-0.4, -0.2) is 46.8 Å². The number of carbonyl (C=O) groups excluding carboxylic acids is 2. The van der Waals surface area contributed by atoms with Crippen molar-refractivity contribution < 1.29 is 19.2 Å². The fourth-order valence-electron chi connectivity index (χ4n) is 3.90. The van der Waals surface area contributed by atoms with Crippen LogP contribution >= 0.6 is 0 Å². The molecule has 1 fully saturated rings. The van der Waals surface area contributed by atoms with Gasteiger partial charge in [0, 0.05) is 6.54 Å². The fourth-order valence-corrected chi connectivity index (χ4v) is 3.90. The number of terminal acetylenes is 1. The molecule has 2 unspecified atom stereocenters. The first-order chi connectivity index (χ1) is 13.3. The number of fused-ring (bicyclic) bond motifs is 1. The highest BCUT2D eigenvalue weighted by Crippen LogP contribution is 2.37. The number of ether oxygens (including phenoxy) is 1. The second kappa shape index (κ2) is 8.24. The van der Waals surface area contributed by atoms with Crippen molar-refractivity contribution in [2.24, 2.45) is 0 Å². The van der Waals surface area contributed by atoms with Crippen LogP contribution in [0.15, 0.2) is 24.3 Å². The molecule has 0 aromatic heterocycles. The Kier molecular flexibility index (Phi) is 5.95. The van der Waals surface area contributed by atoms with Crippen molar-refractivity contribution in [1.29, 1.82) is 0 Å². The number of carbonyl (C=O) groups is 2. The van der Waals surface area contributed by atoms with Gasteiger partial charge in [-0.15, -0.1) is 6.42 Å². The molecule has 1 saturated heterocycles. The van der Waals surface area contributed by atoms with Gasteiger partial charge in [0.2, 0.25) is 0 Å². The number of benzene rings is 1. The molecule has 1 aromatic carbocycles. The third-order valence-corrected chi connectivity index (χ3v) is 5.05. The second-order valence-corrected chi connectivity index (χ2v) is 8.23. The Balaban J connectivity index is 1.82. The lowest BCUT2D eigenvalue weighted by Crippen LogP contribution is -2.49. The van der Waals surface area contributed by atoms with Crippen LogP contribution in [0.3, 0.4) is 0 Å². The first kappa shape index (κ1) is 20.2. The van der Waals surface area contributed by atoms with Gasteiger partial charge in [0.05, 0.1) is 6.04 Å². The molecule has 0 spiro atoms. The molecule has 1 aromatic rings. The maximum atomic E-state index is 13.4. The van der Waals surface area contributed by atoms with Crippen molar-refractivity contribution >= 4 is 12.0 Å². The van der Waals surface area contributed by atoms with E-state index in [1.165, 1.54) is 15.5 Å². The van der Waals surface area contributed by atoms with Crippen LogP contribution < -0.4 is 0 Å². The smallest absolute Gasteiger partial charge is 0.410 e. The van der Waals surface area contributed by atoms with Crippen molar-refractivity contribution in [1.82, 2.24) is 9.96 Å². The molecule has 2 aliphatic rings. The second-order valence-electron chi connectivity index (χ2n) is 8.23. The first-order valence-electron chi connectivity index (χ1n) is 9.78. The van der Waals surface area contributed by atoms with Gasteiger partial charge in [-0.1, -0.05) is 30.2 Å². The van der Waals surface area contributed by atoms with Gasteiger partial charge in [0.15, 0.2) is 0 Å². The number of amides is 2. The molecule has 150 valence electrons. The minimum Gasteiger partial charge on any atom is -0.444 e. The molecule has 0 N–H and O–H groups in total. The molecule has 2 amide bonds. The number of hydrogen-bond donors (Lipinski definition) is 0. The van der Waals surface area contributed by atoms with E-state index in [0.29, 0.717) is 13.0 Å². The van der Waals surface area contributed by atoms with Gasteiger partial charge < -0.3 is 4.74 Å². The van der Waals surface area contributed by atoms with E-state index in [0.717, 1.165) is 24.8 Å². The highest BCUT2D eigenvalue weighted by Gasteiger charge is 2.42. The summed E-state index contributed by atoms with van der Waals surface area (Å²) < 4.78 is 5.49. The third kappa shape index (κ3) is 4.31. The number of hydroxylamine groups is 2. The molecule has 6 heteroatoms. The Morgan fingerprint density at radius 3 is 2.75 bits per heavy atom. The molecule has 2 atom stereocenters. The predicted molar refractivity (Wildman–Crippen MR) is 105 cm³/mol. The highest BCUT2D eigenvalue weighted by molar-refractivity contribution is 5.86. The fraction of sp³-hybridized carbons (Fsp3) is 0.545. The van der Waals surface area contributed by atoms with Crippen LogP contribution in [0.4, 0.5) is 4.79 Å². The minimum absolute atomic E-state index is 0.00354. The molecular weight excluding hydrogens is 356 g/mol. The normalized spacial score (nSPS) is 21.1. The largest absolute Gasteiger partial charge is 0.444 e. The average Bonchev–Trinajstić information content (AvgIpc) is 3.28. The Hall–Kier alpha value is -2.52. The minimum atomic E-state index is -0.614. The predicted octanol–water partition coefficient (Wildman–Crippen LogP) is 3.47. The van der Waals surface area contributed by atoms with Crippen LogP contribution in [0, 0.1) is 12.3 Å². The molecule has 0 radical (unpaired) electrons. The van der Waals surface area contributed by atoms with E-state index >= 15 is 0 Å². The zero-order chi connectivity index (χ0) is 20.3. The SMILES string of the molecule is C#CCON(C(=O)C1CCCN1C(=O)OC(C)(C)C)C1CCc2ccccc21. The van der Waals surface area contributed by atoms with E-state index in [1.54, 1.807) is 0 Å². The highest BCUT2D eigenvalue weighted by atomic mass is 16.7. The zero-order valence-electron chi connectivity index (χ0n) is 16.8. The van der Waals surface area contributed by atoms with Crippen molar-refractivity contribution in [3.05, 3.63) is 35.4 Å². The number of hydrogen-bond acceptors (Lipinski definition) is 4. The Morgan fingerprint density at radius 2 is 2.04 bits per heavy atom. The summed E-state index contributed by atoms with van der Waals surface area (Å²) in [5, 5.41) is 1.40. The quantitative estimate of drug-likeness (QED) is 0.589. The molecule has 3 rings (SSSR count). The Morgan fingerprint density at radius 1 is 1.29 bits per heavy atom. The maximum absolute atomic E-state index is 13.4. The van der Waals surface area contributed by atoms with Gasteiger partial charge in [0.25, 0.3) is 5.91 Å². The van der Waals surface area contributed by atoms with Crippen LogP contribution in [0.2, 0.25) is 0 Å². The lowest BCUT2D eigenvalue weighted by molar-refractivity contribution is -0.200. The van der Waals surface area contributed by atoms with Crippen LogP contribution in [0.25, 0.3) is 0 Å². The molecule has 1 heterocycles. The van der Waals surface area contributed by atoms with Gasteiger partial charge in [0.1, 0.15) is 18.2 Å². The molecule has 0 saturated carbocycles.